The Morgan fingerprint density at radius 3 is 2.69 bits per heavy atom. The zero-order chi connectivity index (χ0) is 20.2. The molecule has 150 valence electrons. The third kappa shape index (κ3) is 4.51. The number of hydrogen-bond donors (Lipinski definition) is 0. The second kappa shape index (κ2) is 8.78. The molecule has 0 aliphatic carbocycles. The predicted octanol–water partition coefficient (Wildman–Crippen LogP) is 5.74. The largest absolute Gasteiger partial charge is 0.497 e. The summed E-state index contributed by atoms with van der Waals surface area (Å²) in [5.74, 6) is 1.76. The lowest BCUT2D eigenvalue weighted by molar-refractivity contribution is 0.288. The Kier molecular flexibility index (Phi) is 5.95. The van der Waals surface area contributed by atoms with E-state index in [9.17, 15) is 0 Å². The summed E-state index contributed by atoms with van der Waals surface area (Å²) in [6.45, 7) is 5.99. The van der Waals surface area contributed by atoms with Crippen molar-refractivity contribution in [2.75, 3.05) is 20.3 Å². The molecule has 0 bridgehead atoms. The van der Waals surface area contributed by atoms with Crippen molar-refractivity contribution < 1.29 is 9.47 Å². The highest BCUT2D eigenvalue weighted by atomic mass is 32.2. The molecule has 0 amide bonds. The second-order valence-corrected chi connectivity index (χ2v) is 8.64. The van der Waals surface area contributed by atoms with Crippen molar-refractivity contribution in [1.29, 1.82) is 0 Å². The quantitative estimate of drug-likeness (QED) is 0.523. The van der Waals surface area contributed by atoms with Crippen LogP contribution in [-0.2, 0) is 0 Å². The normalized spacial score (nSPS) is 18.0. The first-order chi connectivity index (χ1) is 14.1. The van der Waals surface area contributed by atoms with E-state index in [1.807, 2.05) is 30.3 Å². The minimum absolute atomic E-state index is 0.334. The highest BCUT2D eigenvalue weighted by molar-refractivity contribution is 8.14. The lowest BCUT2D eigenvalue weighted by Gasteiger charge is -2.22. The molecule has 0 aromatic heterocycles. The molecular weight excluding hydrogens is 380 g/mol. The Morgan fingerprint density at radius 1 is 1.07 bits per heavy atom. The van der Waals surface area contributed by atoms with E-state index in [2.05, 4.69) is 55.1 Å². The van der Waals surface area contributed by atoms with E-state index in [1.165, 1.54) is 5.39 Å². The smallest absolute Gasteiger partial charge is 0.165 e. The molecule has 0 radical (unpaired) electrons. The van der Waals surface area contributed by atoms with E-state index in [1.54, 1.807) is 18.9 Å². The van der Waals surface area contributed by atoms with Gasteiger partial charge in [0.25, 0.3) is 0 Å². The number of thioether (sulfide) groups is 1. The maximum atomic E-state index is 6.24. The SMILES string of the molecule is COc1cccc(N=C2S[C@@H](COc3cccc4ccccc34)CN2C(C)C)c1. The van der Waals surface area contributed by atoms with Crippen molar-refractivity contribution in [2.24, 2.45) is 4.99 Å². The maximum Gasteiger partial charge on any atom is 0.165 e. The Hall–Kier alpha value is -2.66. The predicted molar refractivity (Wildman–Crippen MR) is 123 cm³/mol. The van der Waals surface area contributed by atoms with Crippen molar-refractivity contribution in [3.05, 3.63) is 66.7 Å². The monoisotopic (exact) mass is 406 g/mol. The lowest BCUT2D eigenvalue weighted by Crippen LogP contribution is -2.33. The molecule has 4 nitrogen and oxygen atoms in total. The maximum absolute atomic E-state index is 6.24. The molecule has 5 heteroatoms. The van der Waals surface area contributed by atoms with Crippen LogP contribution in [0.2, 0.25) is 0 Å². The number of aliphatic imine (C=N–C) groups is 1. The van der Waals surface area contributed by atoms with E-state index in [0.29, 0.717) is 17.9 Å². The molecular formula is C24H26N2O2S. The number of rotatable bonds is 6. The van der Waals surface area contributed by atoms with Crippen LogP contribution in [0.25, 0.3) is 10.8 Å². The molecule has 1 fully saturated rings. The van der Waals surface area contributed by atoms with Gasteiger partial charge in [-0.15, -0.1) is 0 Å². The summed E-state index contributed by atoms with van der Waals surface area (Å²) < 4.78 is 11.6. The highest BCUT2D eigenvalue weighted by Gasteiger charge is 2.31. The molecule has 3 aromatic carbocycles. The van der Waals surface area contributed by atoms with E-state index < -0.39 is 0 Å². The Labute approximate surface area is 176 Å². The number of nitrogens with zero attached hydrogens (tertiary/aromatic N) is 2. The van der Waals surface area contributed by atoms with E-state index in [4.69, 9.17) is 14.5 Å². The van der Waals surface area contributed by atoms with Gasteiger partial charge in [-0.3, -0.25) is 0 Å². The molecule has 1 saturated heterocycles. The van der Waals surface area contributed by atoms with Gasteiger partial charge in [-0.1, -0.05) is 54.2 Å². The van der Waals surface area contributed by atoms with Gasteiger partial charge >= 0.3 is 0 Å². The van der Waals surface area contributed by atoms with Gasteiger partial charge in [0, 0.05) is 24.0 Å². The van der Waals surface area contributed by atoms with Crippen LogP contribution in [0.3, 0.4) is 0 Å². The average Bonchev–Trinajstić information content (AvgIpc) is 3.15. The molecule has 1 heterocycles. The van der Waals surface area contributed by atoms with Gasteiger partial charge in [0.05, 0.1) is 18.0 Å². The van der Waals surface area contributed by atoms with Crippen LogP contribution >= 0.6 is 11.8 Å². The zero-order valence-corrected chi connectivity index (χ0v) is 17.9. The van der Waals surface area contributed by atoms with Crippen molar-refractivity contribution in [1.82, 2.24) is 4.90 Å². The van der Waals surface area contributed by atoms with Crippen molar-refractivity contribution in [3.63, 3.8) is 0 Å². The summed E-state index contributed by atoms with van der Waals surface area (Å²) in [6.07, 6.45) is 0. The van der Waals surface area contributed by atoms with Gasteiger partial charge < -0.3 is 14.4 Å². The first-order valence-corrected chi connectivity index (χ1v) is 10.8. The van der Waals surface area contributed by atoms with E-state index in [-0.39, 0.29) is 0 Å². The first kappa shape index (κ1) is 19.6. The summed E-state index contributed by atoms with van der Waals surface area (Å²) in [5, 5.41) is 3.73. The van der Waals surface area contributed by atoms with E-state index >= 15 is 0 Å². The van der Waals surface area contributed by atoms with Crippen LogP contribution < -0.4 is 9.47 Å². The number of fused-ring (bicyclic) bond motifs is 1. The van der Waals surface area contributed by atoms with Gasteiger partial charge in [-0.05, 0) is 37.4 Å². The van der Waals surface area contributed by atoms with Crippen molar-refractivity contribution in [2.45, 2.75) is 25.1 Å². The summed E-state index contributed by atoms with van der Waals surface area (Å²) in [6, 6.07) is 22.8. The molecule has 1 atom stereocenters. The van der Waals surface area contributed by atoms with Crippen LogP contribution in [0.5, 0.6) is 11.5 Å². The zero-order valence-electron chi connectivity index (χ0n) is 17.0. The summed E-state index contributed by atoms with van der Waals surface area (Å²) in [7, 11) is 1.68. The molecule has 0 spiro atoms. The molecule has 3 aromatic rings. The van der Waals surface area contributed by atoms with E-state index in [0.717, 1.165) is 34.3 Å². The number of methoxy groups -OCH3 is 1. The molecule has 29 heavy (non-hydrogen) atoms. The number of hydrogen-bond acceptors (Lipinski definition) is 4. The Morgan fingerprint density at radius 2 is 1.86 bits per heavy atom. The van der Waals surface area contributed by atoms with Crippen LogP contribution in [0.15, 0.2) is 71.7 Å². The summed E-state index contributed by atoms with van der Waals surface area (Å²) >= 11 is 1.79. The third-order valence-corrected chi connectivity index (χ3v) is 6.15. The molecule has 0 saturated carbocycles. The van der Waals surface area contributed by atoms with Gasteiger partial charge in [-0.25, -0.2) is 4.99 Å². The van der Waals surface area contributed by atoms with Crippen LogP contribution in [-0.4, -0.2) is 41.6 Å². The van der Waals surface area contributed by atoms with Gasteiger partial charge in [0.2, 0.25) is 0 Å². The standard InChI is InChI=1S/C24H26N2O2S/c1-17(2)26-15-21(29-24(26)25-19-10-7-11-20(14-19)27-3)16-28-23-13-6-9-18-8-4-5-12-22(18)23/h4-14,17,21H,15-16H2,1-3H3/t21-/m1/s1. The molecule has 1 aliphatic heterocycles. The molecule has 4 rings (SSSR count). The molecule has 0 unspecified atom stereocenters. The van der Waals surface area contributed by atoms with Gasteiger partial charge in [0.15, 0.2) is 5.17 Å². The molecule has 1 aliphatic rings. The van der Waals surface area contributed by atoms with Crippen molar-refractivity contribution >= 4 is 33.4 Å². The number of amidine groups is 1. The minimum Gasteiger partial charge on any atom is -0.497 e. The van der Waals surface area contributed by atoms with Gasteiger partial charge in [0.1, 0.15) is 18.1 Å². The minimum atomic E-state index is 0.334. The van der Waals surface area contributed by atoms with Crippen molar-refractivity contribution in [3.8, 4) is 11.5 Å². The fourth-order valence-electron chi connectivity index (χ4n) is 3.46. The van der Waals surface area contributed by atoms with Crippen LogP contribution in [0.1, 0.15) is 13.8 Å². The van der Waals surface area contributed by atoms with Crippen LogP contribution in [0.4, 0.5) is 5.69 Å². The Balaban J connectivity index is 1.50. The highest BCUT2D eigenvalue weighted by Crippen LogP contribution is 2.32. The fraction of sp³-hybridized carbons (Fsp3) is 0.292. The average molecular weight is 407 g/mol. The van der Waals surface area contributed by atoms with Gasteiger partial charge in [-0.2, -0.15) is 0 Å². The second-order valence-electron chi connectivity index (χ2n) is 7.37. The number of benzene rings is 3. The first-order valence-electron chi connectivity index (χ1n) is 9.90. The lowest BCUT2D eigenvalue weighted by atomic mass is 10.1. The third-order valence-electron chi connectivity index (χ3n) is 4.99. The summed E-state index contributed by atoms with van der Waals surface area (Å²) in [5.41, 5.74) is 0.910. The topological polar surface area (TPSA) is 34.1 Å². The number of ether oxygens (including phenoxy) is 2. The summed E-state index contributed by atoms with van der Waals surface area (Å²) in [4.78, 5) is 7.24. The fourth-order valence-corrected chi connectivity index (χ4v) is 4.70. The van der Waals surface area contributed by atoms with Crippen LogP contribution in [0, 0.1) is 0 Å². The molecule has 0 N–H and O–H groups in total. The Bertz CT molecular complexity index is 1010.